The van der Waals surface area contributed by atoms with Crippen molar-refractivity contribution < 1.29 is 69.6 Å². The minimum atomic E-state index is -2.59. The molecule has 2 unspecified atom stereocenters. The van der Waals surface area contributed by atoms with E-state index >= 15 is 0 Å². The van der Waals surface area contributed by atoms with Crippen LogP contribution in [-0.2, 0) is 28.8 Å². The van der Waals surface area contributed by atoms with Gasteiger partial charge in [0.2, 0.25) is 0 Å². The van der Waals surface area contributed by atoms with Gasteiger partial charge in [-0.3, -0.25) is 19.2 Å². The minimum absolute atomic E-state index is 0.747. The van der Waals surface area contributed by atoms with Crippen LogP contribution in [0.3, 0.4) is 0 Å². The van der Waals surface area contributed by atoms with E-state index in [1.165, 1.54) is 0 Å². The monoisotopic (exact) mass is 412 g/mol. The van der Waals surface area contributed by atoms with Crippen molar-refractivity contribution in [3.8, 4) is 0 Å². The van der Waals surface area contributed by atoms with Crippen molar-refractivity contribution >= 4 is 35.8 Å². The molecule has 0 fully saturated rings. The van der Waals surface area contributed by atoms with E-state index < -0.39 is 71.7 Å². The molecule has 4 atom stereocenters. The molecule has 0 aliphatic carbocycles. The van der Waals surface area contributed by atoms with Crippen LogP contribution in [0, 0.1) is 11.8 Å². The largest absolute Gasteiger partial charge is 0.481 e. The van der Waals surface area contributed by atoms with Crippen molar-refractivity contribution in [2.24, 2.45) is 11.8 Å². The van der Waals surface area contributed by atoms with Gasteiger partial charge in [-0.1, -0.05) is 0 Å². The third-order valence-electron chi connectivity index (χ3n) is 3.58. The summed E-state index contributed by atoms with van der Waals surface area (Å²) in [5.74, 6) is -13.6. The average Bonchev–Trinajstić information content (AvgIpc) is 2.49. The first-order valence-electron chi connectivity index (χ1n) is 7.19. The molecule has 0 saturated carbocycles. The Morgan fingerprint density at radius 2 is 0.821 bits per heavy atom. The highest BCUT2D eigenvalue weighted by Crippen LogP contribution is 2.22. The zero-order valence-corrected chi connectivity index (χ0v) is 14.6. The highest BCUT2D eigenvalue weighted by molar-refractivity contribution is 5.88. The van der Waals surface area contributed by atoms with E-state index in [2.05, 4.69) is 0 Å². The summed E-state index contributed by atoms with van der Waals surface area (Å²) in [4.78, 5) is 62.3. The number of carboxylic acids is 6. The Morgan fingerprint density at radius 1 is 0.607 bits per heavy atom. The molecule has 0 aromatic carbocycles. The number of aliphatic carboxylic acids is 6. The molecule has 0 radical (unpaired) electrons. The van der Waals surface area contributed by atoms with E-state index in [9.17, 15) is 39.0 Å². The molecular weight excluding hydrogens is 392 g/mol. The summed E-state index contributed by atoms with van der Waals surface area (Å²) in [5, 5.41) is 69.0. The van der Waals surface area contributed by atoms with Crippen LogP contribution in [0.15, 0.2) is 0 Å². The van der Waals surface area contributed by atoms with Crippen molar-refractivity contribution in [2.75, 3.05) is 0 Å². The predicted molar refractivity (Wildman–Crippen MR) is 83.3 cm³/mol. The molecule has 0 rings (SSSR count). The van der Waals surface area contributed by atoms with Crippen LogP contribution in [0.4, 0.5) is 0 Å². The summed E-state index contributed by atoms with van der Waals surface area (Å²) in [6, 6.07) is 0. The second-order valence-corrected chi connectivity index (χ2v) is 5.88. The standard InChI is InChI=1S/2C7H10O7/c2*1-7(14,6(12)13)3(5(10)11)2-4(8)9/h2*3,14H,2H2,1H3,(H,8,9)(H,10,11)(H,12,13)/t2*3-,7?/m10/s1. The fourth-order valence-electron chi connectivity index (χ4n) is 1.70. The van der Waals surface area contributed by atoms with E-state index in [-0.39, 0.29) is 0 Å². The van der Waals surface area contributed by atoms with Crippen LogP contribution in [-0.4, -0.2) is 87.9 Å². The van der Waals surface area contributed by atoms with Gasteiger partial charge in [-0.25, -0.2) is 9.59 Å². The van der Waals surface area contributed by atoms with Crippen molar-refractivity contribution in [1.29, 1.82) is 0 Å². The lowest BCUT2D eigenvalue weighted by Crippen LogP contribution is -2.47. The van der Waals surface area contributed by atoms with E-state index in [0.717, 1.165) is 13.8 Å². The Balaban J connectivity index is 0. The van der Waals surface area contributed by atoms with Gasteiger partial charge in [0, 0.05) is 0 Å². The van der Waals surface area contributed by atoms with Gasteiger partial charge in [0.05, 0.1) is 12.8 Å². The molecule has 14 nitrogen and oxygen atoms in total. The van der Waals surface area contributed by atoms with Crippen molar-refractivity contribution in [3.05, 3.63) is 0 Å². The lowest BCUT2D eigenvalue weighted by Gasteiger charge is -2.23. The summed E-state index contributed by atoms with van der Waals surface area (Å²) in [7, 11) is 0. The molecule has 0 aromatic rings. The number of aliphatic hydroxyl groups is 2. The van der Waals surface area contributed by atoms with Crippen molar-refractivity contribution in [1.82, 2.24) is 0 Å². The summed E-state index contributed by atoms with van der Waals surface area (Å²) in [6.45, 7) is 1.49. The SMILES string of the molecule is CC(O)(C(=O)O)[C@@H](CC(=O)O)C(=O)O.CC(O)(C(=O)O)[C@H](CC(=O)O)C(=O)O. The Bertz CT molecular complexity index is 590. The van der Waals surface area contributed by atoms with Crippen LogP contribution in [0.5, 0.6) is 0 Å². The minimum Gasteiger partial charge on any atom is -0.481 e. The highest BCUT2D eigenvalue weighted by atomic mass is 16.4. The molecule has 160 valence electrons. The first kappa shape index (κ1) is 27.0. The second kappa shape index (κ2) is 10.2. The lowest BCUT2D eigenvalue weighted by molar-refractivity contribution is -0.174. The topological polar surface area (TPSA) is 264 Å². The Morgan fingerprint density at radius 3 is 0.929 bits per heavy atom. The fourth-order valence-corrected chi connectivity index (χ4v) is 1.70. The molecule has 0 aliphatic heterocycles. The van der Waals surface area contributed by atoms with E-state index in [1.807, 2.05) is 0 Å². The molecule has 0 saturated heterocycles. The molecule has 0 spiro atoms. The lowest BCUT2D eigenvalue weighted by atomic mass is 9.86. The summed E-state index contributed by atoms with van der Waals surface area (Å²) >= 11 is 0. The Hall–Kier alpha value is -3.26. The van der Waals surface area contributed by atoms with Gasteiger partial charge in [0.15, 0.2) is 11.2 Å². The van der Waals surface area contributed by atoms with Crippen LogP contribution in [0.25, 0.3) is 0 Å². The number of hydrogen-bond donors (Lipinski definition) is 8. The number of hydrogen-bond acceptors (Lipinski definition) is 8. The first-order valence-corrected chi connectivity index (χ1v) is 7.19. The molecule has 0 aliphatic rings. The van der Waals surface area contributed by atoms with Gasteiger partial charge in [0.25, 0.3) is 0 Å². The van der Waals surface area contributed by atoms with E-state index in [1.54, 1.807) is 0 Å². The maximum absolute atomic E-state index is 10.5. The zero-order valence-electron chi connectivity index (χ0n) is 14.6. The van der Waals surface area contributed by atoms with Crippen LogP contribution >= 0.6 is 0 Å². The van der Waals surface area contributed by atoms with Crippen LogP contribution in [0.1, 0.15) is 26.7 Å². The summed E-state index contributed by atoms with van der Waals surface area (Å²) in [6.07, 6.45) is -1.90. The third-order valence-corrected chi connectivity index (χ3v) is 3.58. The highest BCUT2D eigenvalue weighted by Gasteiger charge is 2.46. The van der Waals surface area contributed by atoms with Gasteiger partial charge >= 0.3 is 35.8 Å². The van der Waals surface area contributed by atoms with E-state index in [4.69, 9.17) is 30.6 Å². The molecular formula is C14H20O14. The molecule has 8 N–H and O–H groups in total. The maximum Gasteiger partial charge on any atom is 0.336 e. The Labute approximate surface area is 156 Å². The van der Waals surface area contributed by atoms with Crippen molar-refractivity contribution in [2.45, 2.75) is 37.9 Å². The van der Waals surface area contributed by atoms with Gasteiger partial charge in [-0.2, -0.15) is 0 Å². The van der Waals surface area contributed by atoms with Gasteiger partial charge in [-0.05, 0) is 13.8 Å². The maximum atomic E-state index is 10.5. The summed E-state index contributed by atoms with van der Waals surface area (Å²) in [5.41, 5.74) is -5.19. The normalized spacial score (nSPS) is 16.7. The number of carbonyl (C=O) groups is 6. The molecule has 0 bridgehead atoms. The molecule has 28 heavy (non-hydrogen) atoms. The first-order chi connectivity index (χ1) is 12.4. The predicted octanol–water partition coefficient (Wildman–Crippen LogP) is -2.00. The van der Waals surface area contributed by atoms with Crippen molar-refractivity contribution in [3.63, 3.8) is 0 Å². The molecule has 0 amide bonds. The third kappa shape index (κ3) is 7.96. The summed E-state index contributed by atoms with van der Waals surface area (Å²) < 4.78 is 0. The molecule has 14 heteroatoms. The van der Waals surface area contributed by atoms with Gasteiger partial charge in [-0.15, -0.1) is 0 Å². The fraction of sp³-hybridized carbons (Fsp3) is 0.571. The zero-order chi connectivity index (χ0) is 23.0. The van der Waals surface area contributed by atoms with E-state index in [0.29, 0.717) is 0 Å². The average molecular weight is 412 g/mol. The Kier molecular flexibility index (Phi) is 9.80. The molecule has 0 heterocycles. The van der Waals surface area contributed by atoms with Gasteiger partial charge < -0.3 is 40.9 Å². The quantitative estimate of drug-likeness (QED) is 0.193. The smallest absolute Gasteiger partial charge is 0.336 e. The number of carboxylic acid groups (broad SMARTS) is 6. The second-order valence-electron chi connectivity index (χ2n) is 5.88. The number of rotatable bonds is 10. The van der Waals surface area contributed by atoms with Gasteiger partial charge in [0.1, 0.15) is 11.8 Å². The van der Waals surface area contributed by atoms with Crippen LogP contribution < -0.4 is 0 Å². The molecule has 0 aromatic heterocycles. The van der Waals surface area contributed by atoms with Crippen LogP contribution in [0.2, 0.25) is 0 Å².